The summed E-state index contributed by atoms with van der Waals surface area (Å²) in [7, 11) is -1.26. The Labute approximate surface area is 163 Å². The van der Waals surface area contributed by atoms with Gasteiger partial charge in [0.1, 0.15) is 10.6 Å². The molecular weight excluding hydrogens is 384 g/mol. The first kappa shape index (κ1) is 21.4. The standard InChI is InChI=1S/C19H22N2O6S/c1-4-11-20-28(24,25)17-12-13(9-10-16(17)26-2)18(22)21-15-8-6-5-7-14(15)19(23)27-3/h5-10,12,20H,4,11H2,1-3H3,(H,21,22). The van der Waals surface area contributed by atoms with Crippen LogP contribution in [0.25, 0.3) is 0 Å². The third-order valence-corrected chi connectivity index (χ3v) is 5.32. The van der Waals surface area contributed by atoms with E-state index in [-0.39, 0.29) is 34.0 Å². The van der Waals surface area contributed by atoms with Crippen LogP contribution < -0.4 is 14.8 Å². The van der Waals surface area contributed by atoms with Gasteiger partial charge in [-0.15, -0.1) is 0 Å². The van der Waals surface area contributed by atoms with E-state index in [0.29, 0.717) is 6.42 Å². The van der Waals surface area contributed by atoms with Gasteiger partial charge in [0, 0.05) is 12.1 Å². The Morgan fingerprint density at radius 1 is 1.07 bits per heavy atom. The van der Waals surface area contributed by atoms with Gasteiger partial charge in [0.2, 0.25) is 10.0 Å². The first-order chi connectivity index (χ1) is 13.3. The van der Waals surface area contributed by atoms with Crippen LogP contribution in [0, 0.1) is 0 Å². The summed E-state index contributed by atoms with van der Waals surface area (Å²) < 4.78 is 37.3. The minimum Gasteiger partial charge on any atom is -0.495 e. The quantitative estimate of drug-likeness (QED) is 0.652. The summed E-state index contributed by atoms with van der Waals surface area (Å²) in [5, 5.41) is 2.61. The molecule has 0 heterocycles. The Morgan fingerprint density at radius 3 is 2.43 bits per heavy atom. The molecule has 2 N–H and O–H groups in total. The van der Waals surface area contributed by atoms with Crippen LogP contribution in [0.3, 0.4) is 0 Å². The van der Waals surface area contributed by atoms with Crippen molar-refractivity contribution in [1.82, 2.24) is 4.72 Å². The lowest BCUT2D eigenvalue weighted by Gasteiger charge is -2.13. The molecule has 0 aromatic heterocycles. The number of benzene rings is 2. The third-order valence-electron chi connectivity index (χ3n) is 3.84. The van der Waals surface area contributed by atoms with Crippen LogP contribution in [0.5, 0.6) is 5.75 Å². The summed E-state index contributed by atoms with van der Waals surface area (Å²) in [6.07, 6.45) is 0.617. The van der Waals surface area contributed by atoms with Gasteiger partial charge < -0.3 is 14.8 Å². The van der Waals surface area contributed by atoms with Crippen molar-refractivity contribution in [3.8, 4) is 5.75 Å². The summed E-state index contributed by atoms with van der Waals surface area (Å²) in [6.45, 7) is 2.09. The molecule has 0 saturated carbocycles. The van der Waals surface area contributed by atoms with Gasteiger partial charge in [-0.3, -0.25) is 4.79 Å². The van der Waals surface area contributed by atoms with E-state index in [0.717, 1.165) is 0 Å². The van der Waals surface area contributed by atoms with Crippen LogP contribution in [-0.4, -0.2) is 41.1 Å². The van der Waals surface area contributed by atoms with Gasteiger partial charge in [-0.05, 0) is 36.8 Å². The minimum atomic E-state index is -3.85. The summed E-state index contributed by atoms with van der Waals surface area (Å²) in [4.78, 5) is 24.4. The molecule has 0 saturated heterocycles. The Bertz CT molecular complexity index is 972. The SMILES string of the molecule is CCCNS(=O)(=O)c1cc(C(=O)Nc2ccccc2C(=O)OC)ccc1OC. The number of methoxy groups -OCH3 is 2. The van der Waals surface area contributed by atoms with Crippen molar-refractivity contribution in [2.45, 2.75) is 18.2 Å². The highest BCUT2D eigenvalue weighted by Crippen LogP contribution is 2.26. The number of carbonyl (C=O) groups is 2. The van der Waals surface area contributed by atoms with Gasteiger partial charge in [-0.25, -0.2) is 17.9 Å². The minimum absolute atomic E-state index is 0.0948. The van der Waals surface area contributed by atoms with E-state index in [1.807, 2.05) is 6.92 Å². The number of ether oxygens (including phenoxy) is 2. The highest BCUT2D eigenvalue weighted by molar-refractivity contribution is 7.89. The van der Waals surface area contributed by atoms with E-state index in [1.165, 1.54) is 38.5 Å². The predicted octanol–water partition coefficient (Wildman–Crippen LogP) is 2.42. The molecule has 0 bridgehead atoms. The number of hydrogen-bond acceptors (Lipinski definition) is 6. The number of hydrogen-bond donors (Lipinski definition) is 2. The van der Waals surface area contributed by atoms with Crippen LogP contribution in [-0.2, 0) is 14.8 Å². The Kier molecular flexibility index (Phi) is 7.13. The molecule has 0 fully saturated rings. The van der Waals surface area contributed by atoms with Crippen LogP contribution >= 0.6 is 0 Å². The maximum absolute atomic E-state index is 12.7. The van der Waals surface area contributed by atoms with Crippen molar-refractivity contribution >= 4 is 27.6 Å². The van der Waals surface area contributed by atoms with Crippen molar-refractivity contribution in [2.24, 2.45) is 0 Å². The molecule has 0 atom stereocenters. The molecule has 0 aliphatic rings. The smallest absolute Gasteiger partial charge is 0.339 e. The second-order valence-electron chi connectivity index (χ2n) is 5.75. The molecule has 0 radical (unpaired) electrons. The first-order valence-electron chi connectivity index (χ1n) is 8.50. The van der Waals surface area contributed by atoms with Gasteiger partial charge in [-0.1, -0.05) is 19.1 Å². The molecule has 0 spiro atoms. The van der Waals surface area contributed by atoms with Gasteiger partial charge in [0.15, 0.2) is 0 Å². The van der Waals surface area contributed by atoms with Crippen molar-refractivity contribution < 1.29 is 27.5 Å². The van der Waals surface area contributed by atoms with Crippen LogP contribution in [0.2, 0.25) is 0 Å². The van der Waals surface area contributed by atoms with E-state index in [9.17, 15) is 18.0 Å². The fourth-order valence-corrected chi connectivity index (χ4v) is 3.74. The van der Waals surface area contributed by atoms with E-state index in [2.05, 4.69) is 10.0 Å². The zero-order valence-corrected chi connectivity index (χ0v) is 16.6. The number of anilines is 1. The van der Waals surface area contributed by atoms with Crippen molar-refractivity contribution in [2.75, 3.05) is 26.1 Å². The maximum Gasteiger partial charge on any atom is 0.339 e. The third kappa shape index (κ3) is 4.87. The van der Waals surface area contributed by atoms with Crippen molar-refractivity contribution in [3.63, 3.8) is 0 Å². The highest BCUT2D eigenvalue weighted by Gasteiger charge is 2.22. The molecule has 8 nitrogen and oxygen atoms in total. The van der Waals surface area contributed by atoms with Gasteiger partial charge >= 0.3 is 5.97 Å². The lowest BCUT2D eigenvalue weighted by molar-refractivity contribution is 0.0602. The van der Waals surface area contributed by atoms with Crippen LogP contribution in [0.1, 0.15) is 34.1 Å². The van der Waals surface area contributed by atoms with E-state index < -0.39 is 21.9 Å². The summed E-state index contributed by atoms with van der Waals surface area (Å²) in [5.74, 6) is -1.06. The number of carbonyl (C=O) groups excluding carboxylic acids is 2. The van der Waals surface area contributed by atoms with Crippen molar-refractivity contribution in [3.05, 3.63) is 53.6 Å². The molecule has 28 heavy (non-hydrogen) atoms. The maximum atomic E-state index is 12.7. The number of esters is 1. The zero-order valence-electron chi connectivity index (χ0n) is 15.8. The molecule has 2 rings (SSSR count). The average molecular weight is 406 g/mol. The topological polar surface area (TPSA) is 111 Å². The van der Waals surface area contributed by atoms with Crippen LogP contribution in [0.15, 0.2) is 47.4 Å². The molecule has 9 heteroatoms. The average Bonchev–Trinajstić information content (AvgIpc) is 2.71. The molecule has 0 aliphatic heterocycles. The summed E-state index contributed by atoms with van der Waals surface area (Å²) >= 11 is 0. The summed E-state index contributed by atoms with van der Waals surface area (Å²) in [5.41, 5.74) is 0.533. The van der Waals surface area contributed by atoms with Crippen molar-refractivity contribution in [1.29, 1.82) is 0 Å². The van der Waals surface area contributed by atoms with Gasteiger partial charge in [-0.2, -0.15) is 0 Å². The number of rotatable bonds is 8. The molecule has 2 aromatic carbocycles. The lowest BCUT2D eigenvalue weighted by Crippen LogP contribution is -2.25. The monoisotopic (exact) mass is 406 g/mol. The number of amides is 1. The second-order valence-corrected chi connectivity index (χ2v) is 7.49. The first-order valence-corrected chi connectivity index (χ1v) is 9.98. The normalized spacial score (nSPS) is 11.0. The molecule has 150 valence electrons. The number of sulfonamides is 1. The number of para-hydroxylation sites is 1. The summed E-state index contributed by atoms with van der Waals surface area (Å²) in [6, 6.07) is 10.4. The zero-order chi connectivity index (χ0) is 20.7. The van der Waals surface area contributed by atoms with Gasteiger partial charge in [0.05, 0.1) is 25.5 Å². The largest absolute Gasteiger partial charge is 0.495 e. The fraction of sp³-hybridized carbons (Fsp3) is 0.263. The van der Waals surface area contributed by atoms with E-state index in [4.69, 9.17) is 9.47 Å². The molecule has 0 unspecified atom stereocenters. The van der Waals surface area contributed by atoms with E-state index >= 15 is 0 Å². The lowest BCUT2D eigenvalue weighted by atomic mass is 10.1. The fourth-order valence-electron chi connectivity index (χ4n) is 2.42. The van der Waals surface area contributed by atoms with Gasteiger partial charge in [0.25, 0.3) is 5.91 Å². The highest BCUT2D eigenvalue weighted by atomic mass is 32.2. The predicted molar refractivity (Wildman–Crippen MR) is 104 cm³/mol. The number of nitrogens with one attached hydrogen (secondary N) is 2. The molecule has 0 aliphatic carbocycles. The molecule has 1 amide bonds. The van der Waals surface area contributed by atoms with Crippen LogP contribution in [0.4, 0.5) is 5.69 Å². The second kappa shape index (κ2) is 9.34. The molecule has 2 aromatic rings. The Morgan fingerprint density at radius 2 is 1.79 bits per heavy atom. The molecular formula is C19H22N2O6S. The van der Waals surface area contributed by atoms with E-state index in [1.54, 1.807) is 18.2 Å². The Balaban J connectivity index is 2.38. The Hall–Kier alpha value is -2.91.